The molecule has 0 bridgehead atoms. The summed E-state index contributed by atoms with van der Waals surface area (Å²) in [6.45, 7) is 1.56. The number of halogens is 3. The smallest absolute Gasteiger partial charge is 0.254 e. The fourth-order valence-electron chi connectivity index (χ4n) is 0.798. The van der Waals surface area contributed by atoms with Gasteiger partial charge < -0.3 is 0 Å². The first kappa shape index (κ1) is 9.49. The predicted octanol–water partition coefficient (Wildman–Crippen LogP) is 3.17. The third-order valence-electron chi connectivity index (χ3n) is 1.49. The molecule has 0 saturated carbocycles. The second-order valence-corrected chi connectivity index (χ2v) is 3.05. The minimum atomic E-state index is -0.751. The lowest BCUT2D eigenvalue weighted by atomic mass is 10.1. The van der Waals surface area contributed by atoms with Gasteiger partial charge in [0.15, 0.2) is 0 Å². The largest absolute Gasteiger partial charge is 0.276 e. The van der Waals surface area contributed by atoms with E-state index >= 15 is 0 Å². The van der Waals surface area contributed by atoms with Crippen molar-refractivity contribution < 1.29 is 9.18 Å². The van der Waals surface area contributed by atoms with Crippen molar-refractivity contribution in [3.8, 4) is 0 Å². The van der Waals surface area contributed by atoms with E-state index in [1.807, 2.05) is 0 Å². The van der Waals surface area contributed by atoms with Crippen molar-refractivity contribution in [1.82, 2.24) is 0 Å². The Kier molecular flexibility index (Phi) is 2.70. The maximum atomic E-state index is 13.0. The second kappa shape index (κ2) is 3.42. The quantitative estimate of drug-likeness (QED) is 0.646. The zero-order chi connectivity index (χ0) is 9.30. The van der Waals surface area contributed by atoms with Crippen LogP contribution in [0, 0.1) is 12.7 Å². The van der Waals surface area contributed by atoms with Crippen molar-refractivity contribution in [3.63, 3.8) is 0 Å². The second-order valence-electron chi connectivity index (χ2n) is 2.33. The molecule has 0 fully saturated rings. The molecule has 0 aliphatic rings. The Hall–Kier alpha value is -0.600. The van der Waals surface area contributed by atoms with E-state index in [2.05, 4.69) is 0 Å². The standard InChI is InChI=1S/C8H5Cl2FO/c1-4-2-3-5(8(10)12)6(9)7(4)11/h2-3H,1H3. The molecule has 1 nitrogen and oxygen atoms in total. The van der Waals surface area contributed by atoms with Crippen LogP contribution in [0.4, 0.5) is 4.39 Å². The number of carbonyl (C=O) groups excluding carboxylic acids is 1. The molecule has 0 amide bonds. The molecule has 0 N–H and O–H groups in total. The van der Waals surface area contributed by atoms with E-state index in [4.69, 9.17) is 23.2 Å². The molecule has 12 heavy (non-hydrogen) atoms. The van der Waals surface area contributed by atoms with E-state index in [1.165, 1.54) is 12.1 Å². The van der Waals surface area contributed by atoms with Gasteiger partial charge in [-0.15, -0.1) is 0 Å². The molecule has 0 aromatic heterocycles. The van der Waals surface area contributed by atoms with Crippen molar-refractivity contribution in [2.45, 2.75) is 6.92 Å². The SMILES string of the molecule is Cc1ccc(C(=O)Cl)c(Cl)c1F. The fraction of sp³-hybridized carbons (Fsp3) is 0.125. The third-order valence-corrected chi connectivity index (χ3v) is 2.06. The summed E-state index contributed by atoms with van der Waals surface area (Å²) in [5.41, 5.74) is 0.392. The van der Waals surface area contributed by atoms with Gasteiger partial charge >= 0.3 is 0 Å². The van der Waals surface area contributed by atoms with Crippen molar-refractivity contribution in [1.29, 1.82) is 0 Å². The van der Waals surface area contributed by atoms with Crippen LogP contribution >= 0.6 is 23.2 Å². The molecule has 0 saturated heterocycles. The summed E-state index contributed by atoms with van der Waals surface area (Å²) < 4.78 is 13.0. The molecule has 0 spiro atoms. The number of carbonyl (C=O) groups is 1. The van der Waals surface area contributed by atoms with Gasteiger partial charge in [0.05, 0.1) is 10.6 Å². The molecule has 64 valence electrons. The van der Waals surface area contributed by atoms with Crippen LogP contribution in [0.15, 0.2) is 12.1 Å². The van der Waals surface area contributed by atoms with Crippen molar-refractivity contribution in [2.75, 3.05) is 0 Å². The van der Waals surface area contributed by atoms with E-state index in [-0.39, 0.29) is 10.6 Å². The average Bonchev–Trinajstić information content (AvgIpc) is 2.00. The molecule has 0 aliphatic carbocycles. The first-order valence-corrected chi connectivity index (χ1v) is 3.94. The molecule has 0 unspecified atom stereocenters. The predicted molar refractivity (Wildman–Crippen MR) is 46.3 cm³/mol. The molecular formula is C8H5Cl2FO. The highest BCUT2D eigenvalue weighted by molar-refractivity contribution is 6.68. The lowest BCUT2D eigenvalue weighted by Gasteiger charge is -2.01. The van der Waals surface area contributed by atoms with E-state index in [1.54, 1.807) is 6.92 Å². The van der Waals surface area contributed by atoms with Crippen LogP contribution in [-0.2, 0) is 0 Å². The number of benzene rings is 1. The Balaban J connectivity index is 3.36. The summed E-state index contributed by atoms with van der Waals surface area (Å²) >= 11 is 10.7. The molecule has 0 heterocycles. The summed E-state index contributed by atoms with van der Waals surface area (Å²) in [5.74, 6) is -0.594. The van der Waals surface area contributed by atoms with Gasteiger partial charge in [0.2, 0.25) is 0 Å². The Morgan fingerprint density at radius 2 is 2.08 bits per heavy atom. The first-order valence-electron chi connectivity index (χ1n) is 3.18. The minimum Gasteiger partial charge on any atom is -0.276 e. The van der Waals surface area contributed by atoms with Gasteiger partial charge in [-0.05, 0) is 30.2 Å². The number of hydrogen-bond donors (Lipinski definition) is 0. The van der Waals surface area contributed by atoms with E-state index in [0.717, 1.165) is 0 Å². The van der Waals surface area contributed by atoms with E-state index < -0.39 is 11.1 Å². The van der Waals surface area contributed by atoms with Crippen LogP contribution in [0.1, 0.15) is 15.9 Å². The van der Waals surface area contributed by atoms with Crippen LogP contribution in [0.25, 0.3) is 0 Å². The lowest BCUT2D eigenvalue weighted by Crippen LogP contribution is -1.94. The van der Waals surface area contributed by atoms with Gasteiger partial charge in [0.25, 0.3) is 5.24 Å². The summed E-state index contributed by atoms with van der Waals surface area (Å²) in [6, 6.07) is 2.85. The van der Waals surface area contributed by atoms with Gasteiger partial charge in [0.1, 0.15) is 5.82 Å². The molecule has 4 heteroatoms. The lowest BCUT2D eigenvalue weighted by molar-refractivity contribution is 0.108. The third kappa shape index (κ3) is 1.59. The van der Waals surface area contributed by atoms with Gasteiger partial charge in [-0.25, -0.2) is 4.39 Å². The molecule has 0 radical (unpaired) electrons. The fourth-order valence-corrected chi connectivity index (χ4v) is 1.30. The number of hydrogen-bond acceptors (Lipinski definition) is 1. The normalized spacial score (nSPS) is 10.0. The van der Waals surface area contributed by atoms with Crippen molar-refractivity contribution in [2.24, 2.45) is 0 Å². The zero-order valence-corrected chi connectivity index (χ0v) is 7.71. The van der Waals surface area contributed by atoms with Crippen molar-refractivity contribution in [3.05, 3.63) is 34.1 Å². The van der Waals surface area contributed by atoms with Crippen LogP contribution < -0.4 is 0 Å². The summed E-state index contributed by atoms with van der Waals surface area (Å²) in [5, 5.41) is -0.964. The summed E-state index contributed by atoms with van der Waals surface area (Å²) in [6.07, 6.45) is 0. The Morgan fingerprint density at radius 1 is 1.50 bits per heavy atom. The zero-order valence-electron chi connectivity index (χ0n) is 6.20. The van der Waals surface area contributed by atoms with Gasteiger partial charge in [-0.1, -0.05) is 17.7 Å². The molecule has 0 atom stereocenters. The Bertz CT molecular complexity index is 336. The Labute approximate surface area is 79.1 Å². The van der Waals surface area contributed by atoms with E-state index in [0.29, 0.717) is 5.56 Å². The molecule has 1 aromatic carbocycles. The average molecular weight is 207 g/mol. The molecular weight excluding hydrogens is 202 g/mol. The highest BCUT2D eigenvalue weighted by Gasteiger charge is 2.12. The Morgan fingerprint density at radius 3 is 2.58 bits per heavy atom. The highest BCUT2D eigenvalue weighted by Crippen LogP contribution is 2.23. The molecule has 1 aromatic rings. The van der Waals surface area contributed by atoms with Gasteiger partial charge in [-0.3, -0.25) is 4.79 Å². The van der Waals surface area contributed by atoms with Gasteiger partial charge in [0, 0.05) is 0 Å². The molecule has 0 aliphatic heterocycles. The van der Waals surface area contributed by atoms with E-state index in [9.17, 15) is 9.18 Å². The summed E-state index contributed by atoms with van der Waals surface area (Å²) in [7, 11) is 0. The van der Waals surface area contributed by atoms with Gasteiger partial charge in [-0.2, -0.15) is 0 Å². The van der Waals surface area contributed by atoms with Crippen LogP contribution in [0.5, 0.6) is 0 Å². The maximum absolute atomic E-state index is 13.0. The minimum absolute atomic E-state index is 0.00133. The monoisotopic (exact) mass is 206 g/mol. The first-order chi connectivity index (χ1) is 5.54. The van der Waals surface area contributed by atoms with Crippen LogP contribution in [0.2, 0.25) is 5.02 Å². The van der Waals surface area contributed by atoms with Crippen molar-refractivity contribution >= 4 is 28.4 Å². The summed E-state index contributed by atoms with van der Waals surface area (Å²) in [4.78, 5) is 10.6. The van der Waals surface area contributed by atoms with Crippen LogP contribution in [0.3, 0.4) is 0 Å². The van der Waals surface area contributed by atoms with Crippen LogP contribution in [-0.4, -0.2) is 5.24 Å². The number of aryl methyl sites for hydroxylation is 1. The topological polar surface area (TPSA) is 17.1 Å². The number of rotatable bonds is 1. The maximum Gasteiger partial charge on any atom is 0.254 e. The highest BCUT2D eigenvalue weighted by atomic mass is 35.5. The molecule has 1 rings (SSSR count).